The lowest BCUT2D eigenvalue weighted by Crippen LogP contribution is -2.19. The van der Waals surface area contributed by atoms with Crippen molar-refractivity contribution in [1.82, 2.24) is 9.78 Å². The summed E-state index contributed by atoms with van der Waals surface area (Å²) in [5, 5.41) is 4.52. The molecule has 1 heterocycles. The molecule has 0 amide bonds. The molecule has 0 bridgehead atoms. The summed E-state index contributed by atoms with van der Waals surface area (Å²) < 4.78 is 1.91. The first-order chi connectivity index (χ1) is 6.19. The average molecular weight is 177 g/mol. The van der Waals surface area contributed by atoms with E-state index in [9.17, 15) is 0 Å². The highest BCUT2D eigenvalue weighted by Crippen LogP contribution is 2.49. The lowest BCUT2D eigenvalue weighted by Gasteiger charge is -2.07. The number of rotatable bonds is 2. The third-order valence-corrected chi connectivity index (χ3v) is 3.15. The number of nitrogens with two attached hydrogens (primary N) is 1. The van der Waals surface area contributed by atoms with Crippen LogP contribution in [0.15, 0.2) is 6.20 Å². The van der Waals surface area contributed by atoms with Crippen molar-refractivity contribution in [1.29, 1.82) is 0 Å². The van der Waals surface area contributed by atoms with Gasteiger partial charge in [-0.25, -0.2) is 0 Å². The van der Waals surface area contributed by atoms with E-state index in [4.69, 9.17) is 5.73 Å². The van der Waals surface area contributed by atoms with Gasteiger partial charge in [0.25, 0.3) is 0 Å². The van der Waals surface area contributed by atoms with Crippen LogP contribution in [0.4, 0.5) is 0 Å². The molecule has 0 saturated heterocycles. The van der Waals surface area contributed by atoms with Crippen molar-refractivity contribution in [2.45, 2.75) is 37.1 Å². The minimum atomic E-state index is -0.00775. The minimum Gasteiger partial charge on any atom is -0.321 e. The Labute approximate surface area is 77.9 Å². The van der Waals surface area contributed by atoms with Crippen LogP contribution in [0.25, 0.3) is 0 Å². The van der Waals surface area contributed by atoms with E-state index in [1.54, 1.807) is 0 Å². The quantitative estimate of drug-likeness (QED) is 0.738. The van der Waals surface area contributed by atoms with Gasteiger partial charge < -0.3 is 5.73 Å². The third kappa shape index (κ3) is 1.10. The van der Waals surface area contributed by atoms with Gasteiger partial charge in [0, 0.05) is 30.3 Å². The Morgan fingerprint density at radius 2 is 2.23 bits per heavy atom. The lowest BCUT2D eigenvalue weighted by atomic mass is 10.0. The van der Waals surface area contributed by atoms with E-state index in [0.29, 0.717) is 0 Å². The summed E-state index contributed by atoms with van der Waals surface area (Å²) in [6.07, 6.45) is 7.00. The molecule has 0 spiro atoms. The molecule has 2 aliphatic rings. The SMILES string of the molecule is Cn1cc(C2(N)CC2)c(C2CC2)n1. The van der Waals surface area contributed by atoms with Crippen molar-refractivity contribution in [3.8, 4) is 0 Å². The van der Waals surface area contributed by atoms with Crippen LogP contribution in [0, 0.1) is 0 Å². The fourth-order valence-corrected chi connectivity index (χ4v) is 1.95. The van der Waals surface area contributed by atoms with Gasteiger partial charge in [-0.3, -0.25) is 4.68 Å². The van der Waals surface area contributed by atoms with Crippen LogP contribution in [-0.2, 0) is 12.6 Å². The average Bonchev–Trinajstić information content (AvgIpc) is 2.97. The van der Waals surface area contributed by atoms with E-state index in [1.807, 2.05) is 11.7 Å². The van der Waals surface area contributed by atoms with E-state index in [2.05, 4.69) is 11.3 Å². The first-order valence-electron chi connectivity index (χ1n) is 5.02. The molecule has 13 heavy (non-hydrogen) atoms. The fourth-order valence-electron chi connectivity index (χ4n) is 1.95. The number of hydrogen-bond donors (Lipinski definition) is 1. The summed E-state index contributed by atoms with van der Waals surface area (Å²) in [6, 6.07) is 0. The molecule has 3 nitrogen and oxygen atoms in total. The second kappa shape index (κ2) is 2.15. The van der Waals surface area contributed by atoms with E-state index in [1.165, 1.54) is 24.1 Å². The van der Waals surface area contributed by atoms with Gasteiger partial charge in [0.05, 0.1) is 5.69 Å². The van der Waals surface area contributed by atoms with Crippen LogP contribution in [0.3, 0.4) is 0 Å². The summed E-state index contributed by atoms with van der Waals surface area (Å²) >= 11 is 0. The molecule has 1 aromatic rings. The van der Waals surface area contributed by atoms with Crippen molar-refractivity contribution in [3.05, 3.63) is 17.5 Å². The van der Waals surface area contributed by atoms with Gasteiger partial charge in [0.15, 0.2) is 0 Å². The van der Waals surface area contributed by atoms with Gasteiger partial charge in [-0.05, 0) is 25.7 Å². The normalized spacial score (nSPS) is 24.8. The zero-order chi connectivity index (χ0) is 9.05. The molecule has 0 radical (unpaired) electrons. The Morgan fingerprint density at radius 3 is 2.77 bits per heavy atom. The molecule has 70 valence electrons. The van der Waals surface area contributed by atoms with Crippen molar-refractivity contribution in [2.75, 3.05) is 0 Å². The monoisotopic (exact) mass is 177 g/mol. The van der Waals surface area contributed by atoms with Crippen LogP contribution in [0.1, 0.15) is 42.9 Å². The number of aryl methyl sites for hydroxylation is 1. The van der Waals surface area contributed by atoms with Crippen molar-refractivity contribution in [3.63, 3.8) is 0 Å². The Hall–Kier alpha value is -0.830. The summed E-state index contributed by atoms with van der Waals surface area (Å²) in [7, 11) is 1.99. The molecule has 2 aliphatic carbocycles. The highest BCUT2D eigenvalue weighted by atomic mass is 15.3. The van der Waals surface area contributed by atoms with Gasteiger partial charge in [-0.1, -0.05) is 0 Å². The van der Waals surface area contributed by atoms with E-state index in [0.717, 1.165) is 18.8 Å². The highest BCUT2D eigenvalue weighted by molar-refractivity contribution is 5.35. The van der Waals surface area contributed by atoms with Crippen LogP contribution in [-0.4, -0.2) is 9.78 Å². The zero-order valence-electron chi connectivity index (χ0n) is 7.95. The third-order valence-electron chi connectivity index (χ3n) is 3.15. The largest absolute Gasteiger partial charge is 0.321 e. The van der Waals surface area contributed by atoms with Crippen molar-refractivity contribution < 1.29 is 0 Å². The molecule has 2 N–H and O–H groups in total. The lowest BCUT2D eigenvalue weighted by molar-refractivity contribution is 0.725. The highest BCUT2D eigenvalue weighted by Gasteiger charge is 2.45. The fraction of sp³-hybridized carbons (Fsp3) is 0.700. The topological polar surface area (TPSA) is 43.8 Å². The maximum atomic E-state index is 6.19. The molecular weight excluding hydrogens is 162 g/mol. The molecule has 0 atom stereocenters. The Morgan fingerprint density at radius 1 is 1.54 bits per heavy atom. The van der Waals surface area contributed by atoms with E-state index >= 15 is 0 Å². The van der Waals surface area contributed by atoms with Crippen LogP contribution in [0.5, 0.6) is 0 Å². The van der Waals surface area contributed by atoms with Crippen molar-refractivity contribution in [2.24, 2.45) is 12.8 Å². The van der Waals surface area contributed by atoms with Crippen LogP contribution >= 0.6 is 0 Å². The van der Waals surface area contributed by atoms with Gasteiger partial charge in [-0.2, -0.15) is 5.10 Å². The second-order valence-corrected chi connectivity index (χ2v) is 4.53. The molecule has 1 aromatic heterocycles. The molecule has 2 fully saturated rings. The van der Waals surface area contributed by atoms with E-state index < -0.39 is 0 Å². The maximum absolute atomic E-state index is 6.19. The first kappa shape index (κ1) is 7.56. The van der Waals surface area contributed by atoms with E-state index in [-0.39, 0.29) is 5.54 Å². The molecule has 3 heteroatoms. The summed E-state index contributed by atoms with van der Waals surface area (Å²) in [6.45, 7) is 0. The van der Waals surface area contributed by atoms with Gasteiger partial charge in [0.2, 0.25) is 0 Å². The molecule has 2 saturated carbocycles. The zero-order valence-corrected chi connectivity index (χ0v) is 7.95. The number of aromatic nitrogens is 2. The summed E-state index contributed by atoms with van der Waals surface area (Å²) in [4.78, 5) is 0. The number of nitrogens with zero attached hydrogens (tertiary/aromatic N) is 2. The van der Waals surface area contributed by atoms with Gasteiger partial charge in [-0.15, -0.1) is 0 Å². The molecule has 0 unspecified atom stereocenters. The smallest absolute Gasteiger partial charge is 0.0705 e. The minimum absolute atomic E-state index is 0.00775. The van der Waals surface area contributed by atoms with Gasteiger partial charge in [0.1, 0.15) is 0 Å². The Bertz CT molecular complexity index is 345. The Balaban J connectivity index is 2.06. The summed E-state index contributed by atoms with van der Waals surface area (Å²) in [5.41, 5.74) is 8.78. The number of hydrogen-bond acceptors (Lipinski definition) is 2. The molecule has 0 aromatic carbocycles. The predicted octanol–water partition coefficient (Wildman–Crippen LogP) is 1.25. The van der Waals surface area contributed by atoms with Crippen molar-refractivity contribution >= 4 is 0 Å². The maximum Gasteiger partial charge on any atom is 0.0705 e. The predicted molar refractivity (Wildman–Crippen MR) is 50.3 cm³/mol. The van der Waals surface area contributed by atoms with Crippen LogP contribution < -0.4 is 5.73 Å². The van der Waals surface area contributed by atoms with Gasteiger partial charge >= 0.3 is 0 Å². The molecule has 0 aliphatic heterocycles. The van der Waals surface area contributed by atoms with Crippen LogP contribution in [0.2, 0.25) is 0 Å². The Kier molecular flexibility index (Phi) is 1.25. The standard InChI is InChI=1S/C10H15N3/c1-13-6-8(10(11)4-5-10)9(12-13)7-2-3-7/h6-7H,2-5,11H2,1H3. The second-order valence-electron chi connectivity index (χ2n) is 4.53. The molecular formula is C10H15N3. The summed E-state index contributed by atoms with van der Waals surface area (Å²) in [5.74, 6) is 0.720. The first-order valence-corrected chi connectivity index (χ1v) is 5.02. The molecule has 3 rings (SSSR count).